The van der Waals surface area contributed by atoms with Crippen molar-refractivity contribution >= 4 is 29.6 Å². The highest BCUT2D eigenvalue weighted by Crippen LogP contribution is 2.27. The van der Waals surface area contributed by atoms with Crippen molar-refractivity contribution < 1.29 is 29.1 Å². The molecule has 4 atom stereocenters. The highest BCUT2D eigenvalue weighted by molar-refractivity contribution is 5.94. The number of ether oxygens (including phenoxy) is 1. The third kappa shape index (κ3) is 11.5. The summed E-state index contributed by atoms with van der Waals surface area (Å²) >= 11 is 0. The van der Waals surface area contributed by atoms with Crippen molar-refractivity contribution in [3.8, 4) is 5.75 Å². The topological polar surface area (TPSA) is 234 Å². The van der Waals surface area contributed by atoms with Gasteiger partial charge in [0.15, 0.2) is 5.96 Å². The molecular weight excluding hydrogens is 544 g/mol. The van der Waals surface area contributed by atoms with Gasteiger partial charge in [-0.1, -0.05) is 26.0 Å². The minimum absolute atomic E-state index is 0.0446. The number of fused-ring (bicyclic) bond motifs is 11. The van der Waals surface area contributed by atoms with Crippen molar-refractivity contribution in [2.24, 2.45) is 29.2 Å². The summed E-state index contributed by atoms with van der Waals surface area (Å²) in [6, 6.07) is 5.14. The fourth-order valence-electron chi connectivity index (χ4n) is 4.89. The Balaban J connectivity index is 2.37. The molecule has 14 nitrogen and oxygen atoms in total. The predicted molar refractivity (Wildman–Crippen MR) is 156 cm³/mol. The van der Waals surface area contributed by atoms with Crippen LogP contribution in [0.3, 0.4) is 0 Å². The van der Waals surface area contributed by atoms with Crippen LogP contribution >= 0.6 is 0 Å². The fourth-order valence-corrected chi connectivity index (χ4v) is 4.89. The van der Waals surface area contributed by atoms with Crippen LogP contribution in [0.2, 0.25) is 0 Å². The third-order valence-corrected chi connectivity index (χ3v) is 6.98. The number of amides is 4. The molecule has 3 rings (SSSR count). The van der Waals surface area contributed by atoms with Crippen LogP contribution in [0.4, 0.5) is 0 Å². The zero-order chi connectivity index (χ0) is 31.1. The molecule has 4 amide bonds. The Hall–Kier alpha value is -3.91. The largest absolute Gasteiger partial charge is 0.494 e. The average Bonchev–Trinajstić information content (AvgIpc) is 2.95. The minimum Gasteiger partial charge on any atom is -0.494 e. The van der Waals surface area contributed by atoms with Gasteiger partial charge in [-0.3, -0.25) is 29.8 Å². The number of carbonyl (C=O) groups excluding carboxylic acids is 4. The molecule has 0 spiro atoms. The maximum absolute atomic E-state index is 13.7. The molecule has 0 unspecified atom stereocenters. The van der Waals surface area contributed by atoms with E-state index in [1.807, 2.05) is 13.8 Å². The lowest BCUT2D eigenvalue weighted by atomic mass is 9.81. The van der Waals surface area contributed by atoms with Gasteiger partial charge < -0.3 is 37.5 Å². The Morgan fingerprint density at radius 1 is 1.14 bits per heavy atom. The number of nitrogens with two attached hydrogens (primary N) is 2. The second-order valence-electron chi connectivity index (χ2n) is 10.8. The number of rotatable bonds is 12. The van der Waals surface area contributed by atoms with Crippen molar-refractivity contribution in [1.29, 1.82) is 5.41 Å². The van der Waals surface area contributed by atoms with E-state index in [0.29, 0.717) is 38.2 Å². The van der Waals surface area contributed by atoms with Crippen molar-refractivity contribution in [2.75, 3.05) is 26.2 Å². The van der Waals surface area contributed by atoms with Gasteiger partial charge in [0.2, 0.25) is 23.6 Å². The van der Waals surface area contributed by atoms with Crippen molar-refractivity contribution in [1.82, 2.24) is 26.7 Å². The molecule has 2 aliphatic rings. The number of nitrogens with one attached hydrogen (secondary N) is 6. The molecule has 0 aromatic heterocycles. The van der Waals surface area contributed by atoms with E-state index in [-0.39, 0.29) is 44.2 Å². The van der Waals surface area contributed by atoms with E-state index in [0.717, 1.165) is 5.56 Å². The molecule has 2 bridgehead atoms. The Morgan fingerprint density at radius 2 is 1.86 bits per heavy atom. The first-order valence-electron chi connectivity index (χ1n) is 14.4. The maximum Gasteiger partial charge on any atom is 0.247 e. The van der Waals surface area contributed by atoms with Gasteiger partial charge in [0.25, 0.3) is 0 Å². The summed E-state index contributed by atoms with van der Waals surface area (Å²) in [6.45, 7) is 4.93. The monoisotopic (exact) mass is 590 g/mol. The quantitative estimate of drug-likeness (QED) is 0.0501. The molecule has 0 saturated carbocycles. The van der Waals surface area contributed by atoms with Gasteiger partial charge in [-0.15, -0.1) is 0 Å². The molecule has 234 valence electrons. The van der Waals surface area contributed by atoms with Gasteiger partial charge in [-0.05, 0) is 55.7 Å². The minimum atomic E-state index is -1.07. The second-order valence-corrected chi connectivity index (χ2v) is 10.8. The summed E-state index contributed by atoms with van der Waals surface area (Å²) in [5.74, 6) is -3.38. The smallest absolute Gasteiger partial charge is 0.247 e. The lowest BCUT2D eigenvalue weighted by Crippen LogP contribution is -2.56. The van der Waals surface area contributed by atoms with E-state index >= 15 is 0 Å². The molecule has 0 aliphatic carbocycles. The van der Waals surface area contributed by atoms with E-state index in [2.05, 4.69) is 21.3 Å². The summed E-state index contributed by atoms with van der Waals surface area (Å²) in [7, 11) is 0. The van der Waals surface area contributed by atoms with E-state index in [4.69, 9.17) is 21.6 Å². The summed E-state index contributed by atoms with van der Waals surface area (Å²) in [5, 5.41) is 27.7. The van der Waals surface area contributed by atoms with Crippen LogP contribution in [0.25, 0.3) is 0 Å². The van der Waals surface area contributed by atoms with Crippen LogP contribution in [-0.2, 0) is 25.6 Å². The fraction of sp³-hybridized carbons (Fsp3) is 0.607. The lowest BCUT2D eigenvalue weighted by molar-refractivity contribution is -0.142. The zero-order valence-corrected chi connectivity index (χ0v) is 24.4. The van der Waals surface area contributed by atoms with Crippen LogP contribution in [0.5, 0.6) is 5.75 Å². The van der Waals surface area contributed by atoms with Crippen LogP contribution in [-0.4, -0.2) is 73.1 Å². The molecule has 2 aliphatic heterocycles. The number of carbonyl (C=O) groups is 4. The Bertz CT molecular complexity index is 1050. The van der Waals surface area contributed by atoms with Gasteiger partial charge in [-0.2, -0.15) is 0 Å². The van der Waals surface area contributed by atoms with E-state index < -0.39 is 47.5 Å². The molecule has 0 radical (unpaired) electrons. The Kier molecular flexibility index (Phi) is 14.5. The molecule has 1 aromatic carbocycles. The Labute approximate surface area is 246 Å². The SMILES string of the molecule is CC(C)C[C@H]1C(=O)N[C@H](C(=O)N[C@@H](CCCNC(=N)N)C(=O)NCCN)Cc2ccc(cc2)OCCC[C@@H]1C(=O)NO. The molecule has 42 heavy (non-hydrogen) atoms. The van der Waals surface area contributed by atoms with Gasteiger partial charge in [-0.25, -0.2) is 5.48 Å². The summed E-state index contributed by atoms with van der Waals surface area (Å²) < 4.78 is 5.80. The molecular formula is C28H46N8O6. The number of benzene rings is 1. The van der Waals surface area contributed by atoms with Crippen LogP contribution in [0, 0.1) is 23.2 Å². The first-order valence-corrected chi connectivity index (χ1v) is 14.4. The van der Waals surface area contributed by atoms with Crippen LogP contribution in [0.1, 0.15) is 51.5 Å². The number of hydroxylamine groups is 1. The van der Waals surface area contributed by atoms with Gasteiger partial charge in [0, 0.05) is 32.0 Å². The maximum atomic E-state index is 13.7. The normalized spacial score (nSPS) is 19.9. The van der Waals surface area contributed by atoms with Crippen LogP contribution < -0.4 is 43.0 Å². The van der Waals surface area contributed by atoms with E-state index in [1.165, 1.54) is 0 Å². The third-order valence-electron chi connectivity index (χ3n) is 6.98. The molecule has 0 saturated heterocycles. The van der Waals surface area contributed by atoms with Gasteiger partial charge in [0.1, 0.15) is 17.8 Å². The first kappa shape index (κ1) is 34.3. The summed E-state index contributed by atoms with van der Waals surface area (Å²) in [5.41, 5.74) is 13.3. The number of hydrogen-bond donors (Lipinski definition) is 9. The van der Waals surface area contributed by atoms with Crippen LogP contribution in [0.15, 0.2) is 24.3 Å². The Morgan fingerprint density at radius 3 is 2.48 bits per heavy atom. The standard InChI is InChI=1S/C28H46N8O6/c1-17(2)15-21-20(25(38)36-41)5-4-14-42-19-9-7-18(8-10-19)16-23(35-24(21)37)27(40)34-22(26(39)32-13-11-29)6-3-12-33-28(30)31/h7-10,17,20-23,41H,3-6,11-16,29H2,1-2H3,(H,32,39)(H,34,40)(H,35,37)(H,36,38)(H4,30,31,33)/t20-,21+,22-,23-/m0/s1. The van der Waals surface area contributed by atoms with Gasteiger partial charge >= 0.3 is 0 Å². The highest BCUT2D eigenvalue weighted by atomic mass is 16.5. The number of hydrogen-bond acceptors (Lipinski definition) is 8. The highest BCUT2D eigenvalue weighted by Gasteiger charge is 2.36. The summed E-state index contributed by atoms with van der Waals surface area (Å²) in [6.07, 6.45) is 1.87. The predicted octanol–water partition coefficient (Wildman–Crippen LogP) is -0.507. The van der Waals surface area contributed by atoms with Crippen molar-refractivity contribution in [3.63, 3.8) is 0 Å². The molecule has 2 heterocycles. The van der Waals surface area contributed by atoms with Crippen molar-refractivity contribution in [3.05, 3.63) is 29.8 Å². The average molecular weight is 591 g/mol. The molecule has 0 fully saturated rings. The van der Waals surface area contributed by atoms with Gasteiger partial charge in [0.05, 0.1) is 12.5 Å². The zero-order valence-electron chi connectivity index (χ0n) is 24.4. The van der Waals surface area contributed by atoms with E-state index in [9.17, 15) is 24.4 Å². The second kappa shape index (κ2) is 17.8. The molecule has 1 aromatic rings. The molecule has 11 N–H and O–H groups in total. The van der Waals surface area contributed by atoms with Crippen molar-refractivity contribution in [2.45, 2.75) is 64.5 Å². The number of guanidine groups is 1. The first-order chi connectivity index (χ1) is 20.0. The lowest BCUT2D eigenvalue weighted by Gasteiger charge is -2.29. The van der Waals surface area contributed by atoms with E-state index in [1.54, 1.807) is 29.7 Å². The summed E-state index contributed by atoms with van der Waals surface area (Å²) in [4.78, 5) is 53.0. The molecule has 14 heteroatoms.